The van der Waals surface area contributed by atoms with Gasteiger partial charge in [0, 0.05) is 44.2 Å². The van der Waals surface area contributed by atoms with Gasteiger partial charge in [-0.15, -0.1) is 0 Å². The molecule has 0 N–H and O–H groups in total. The summed E-state index contributed by atoms with van der Waals surface area (Å²) in [6.45, 7) is 1.80. The molecule has 2 aromatic rings. The van der Waals surface area contributed by atoms with Crippen molar-refractivity contribution in [1.29, 1.82) is 0 Å². The third kappa shape index (κ3) is 5.90. The highest BCUT2D eigenvalue weighted by atomic mass is 32.2. The lowest BCUT2D eigenvalue weighted by atomic mass is 10.2. The summed E-state index contributed by atoms with van der Waals surface area (Å²) in [6, 6.07) is 10.3. The Labute approximate surface area is 168 Å². The average Bonchev–Trinajstić information content (AvgIpc) is 2.68. The molecule has 3 rings (SSSR count). The molecular weight excluding hydrogens is 402 g/mol. The molecule has 29 heavy (non-hydrogen) atoms. The SMILES string of the molecule is CS(=O)(=O)Cc1ccc(OCC(=O)N2CCN(c3ccc(F)c(F)c3)CC2)cc1. The zero-order chi connectivity index (χ0) is 21.0. The van der Waals surface area contributed by atoms with Crippen molar-refractivity contribution in [3.05, 3.63) is 59.7 Å². The molecule has 0 aliphatic carbocycles. The van der Waals surface area contributed by atoms with Gasteiger partial charge in [0.1, 0.15) is 5.75 Å². The van der Waals surface area contributed by atoms with Crippen LogP contribution in [0.3, 0.4) is 0 Å². The Morgan fingerprint density at radius 2 is 1.66 bits per heavy atom. The van der Waals surface area contributed by atoms with Crippen molar-refractivity contribution in [2.75, 3.05) is 43.9 Å². The molecule has 0 atom stereocenters. The summed E-state index contributed by atoms with van der Waals surface area (Å²) in [5, 5.41) is 0. The molecule has 0 unspecified atom stereocenters. The first-order valence-electron chi connectivity index (χ1n) is 9.08. The summed E-state index contributed by atoms with van der Waals surface area (Å²) < 4.78 is 54.6. The van der Waals surface area contributed by atoms with E-state index in [-0.39, 0.29) is 18.3 Å². The number of benzene rings is 2. The lowest BCUT2D eigenvalue weighted by Crippen LogP contribution is -2.50. The fourth-order valence-corrected chi connectivity index (χ4v) is 3.91. The molecule has 156 valence electrons. The number of hydrogen-bond acceptors (Lipinski definition) is 5. The van der Waals surface area contributed by atoms with Crippen LogP contribution < -0.4 is 9.64 Å². The smallest absolute Gasteiger partial charge is 0.260 e. The molecule has 1 heterocycles. The highest BCUT2D eigenvalue weighted by Crippen LogP contribution is 2.20. The maximum absolute atomic E-state index is 13.4. The summed E-state index contributed by atoms with van der Waals surface area (Å²) in [5.74, 6) is -1.51. The fraction of sp³-hybridized carbons (Fsp3) is 0.350. The zero-order valence-electron chi connectivity index (χ0n) is 16.0. The number of nitrogens with zero attached hydrogens (tertiary/aromatic N) is 2. The molecule has 1 amide bonds. The number of halogens is 2. The number of rotatable bonds is 6. The maximum Gasteiger partial charge on any atom is 0.260 e. The van der Waals surface area contributed by atoms with Gasteiger partial charge in [-0.05, 0) is 29.8 Å². The van der Waals surface area contributed by atoms with Crippen molar-refractivity contribution in [1.82, 2.24) is 4.90 Å². The molecule has 1 aliphatic heterocycles. The molecule has 0 saturated carbocycles. The first kappa shape index (κ1) is 21.0. The van der Waals surface area contributed by atoms with Crippen LogP contribution in [0.5, 0.6) is 5.75 Å². The lowest BCUT2D eigenvalue weighted by molar-refractivity contribution is -0.133. The monoisotopic (exact) mass is 424 g/mol. The molecular formula is C20H22F2N2O4S. The summed E-state index contributed by atoms with van der Waals surface area (Å²) in [7, 11) is -3.10. The normalized spacial score (nSPS) is 14.7. The summed E-state index contributed by atoms with van der Waals surface area (Å²) in [5.41, 5.74) is 1.24. The Morgan fingerprint density at radius 3 is 2.24 bits per heavy atom. The van der Waals surface area contributed by atoms with Crippen LogP contribution in [0.1, 0.15) is 5.56 Å². The summed E-state index contributed by atoms with van der Waals surface area (Å²) in [6.07, 6.45) is 1.17. The summed E-state index contributed by atoms with van der Waals surface area (Å²) >= 11 is 0. The molecule has 0 bridgehead atoms. The van der Waals surface area contributed by atoms with Gasteiger partial charge in [-0.3, -0.25) is 4.79 Å². The first-order chi connectivity index (χ1) is 13.7. The minimum absolute atomic E-state index is 0.0472. The van der Waals surface area contributed by atoms with Crippen molar-refractivity contribution >= 4 is 21.4 Å². The van der Waals surface area contributed by atoms with Crippen molar-refractivity contribution < 1.29 is 26.7 Å². The quantitative estimate of drug-likeness (QED) is 0.712. The number of piperazine rings is 1. The van der Waals surface area contributed by atoms with Crippen LogP contribution in [-0.4, -0.2) is 58.3 Å². The van der Waals surface area contributed by atoms with Crippen molar-refractivity contribution in [2.24, 2.45) is 0 Å². The number of hydrogen-bond donors (Lipinski definition) is 0. The number of anilines is 1. The van der Waals surface area contributed by atoms with E-state index in [9.17, 15) is 22.0 Å². The van der Waals surface area contributed by atoms with Crippen molar-refractivity contribution in [2.45, 2.75) is 5.75 Å². The van der Waals surface area contributed by atoms with Gasteiger partial charge in [0.15, 0.2) is 28.1 Å². The number of carbonyl (C=O) groups excluding carboxylic acids is 1. The van der Waals surface area contributed by atoms with E-state index in [1.165, 1.54) is 12.3 Å². The van der Waals surface area contributed by atoms with E-state index < -0.39 is 21.5 Å². The first-order valence-corrected chi connectivity index (χ1v) is 11.1. The van der Waals surface area contributed by atoms with Gasteiger partial charge in [-0.2, -0.15) is 0 Å². The van der Waals surface area contributed by atoms with Gasteiger partial charge in [0.2, 0.25) is 0 Å². The standard InChI is InChI=1S/C20H22F2N2O4S/c1-29(26,27)14-15-2-5-17(6-3-15)28-13-20(25)24-10-8-23(9-11-24)16-4-7-18(21)19(22)12-16/h2-7,12H,8-11,13-14H2,1H3. The zero-order valence-corrected chi connectivity index (χ0v) is 16.8. The third-order valence-corrected chi connectivity index (χ3v) is 5.47. The molecule has 2 aromatic carbocycles. The second-order valence-corrected chi connectivity index (χ2v) is 9.11. The number of amides is 1. The third-order valence-electron chi connectivity index (χ3n) is 4.62. The van der Waals surface area contributed by atoms with Crippen LogP contribution in [0.4, 0.5) is 14.5 Å². The maximum atomic E-state index is 13.4. The second kappa shape index (κ2) is 8.77. The largest absolute Gasteiger partial charge is 0.484 e. The Bertz CT molecular complexity index is 972. The minimum atomic E-state index is -3.10. The lowest BCUT2D eigenvalue weighted by Gasteiger charge is -2.36. The number of ether oxygens (including phenoxy) is 1. The predicted octanol–water partition coefficient (Wildman–Crippen LogP) is 2.24. The Kier molecular flexibility index (Phi) is 6.36. The van der Waals surface area contributed by atoms with E-state index in [2.05, 4.69) is 0 Å². The molecule has 6 nitrogen and oxygen atoms in total. The Hall–Kier alpha value is -2.68. The second-order valence-electron chi connectivity index (χ2n) is 6.97. The van der Waals surface area contributed by atoms with Gasteiger partial charge < -0.3 is 14.5 Å². The van der Waals surface area contributed by atoms with Crippen molar-refractivity contribution in [3.8, 4) is 5.75 Å². The number of sulfone groups is 1. The molecule has 1 saturated heterocycles. The molecule has 0 spiro atoms. The van der Waals surface area contributed by atoms with Crippen LogP contribution in [0.2, 0.25) is 0 Å². The Balaban J connectivity index is 1.48. The van der Waals surface area contributed by atoms with E-state index >= 15 is 0 Å². The summed E-state index contributed by atoms with van der Waals surface area (Å²) in [4.78, 5) is 15.9. The van der Waals surface area contributed by atoms with Crippen LogP contribution in [0.15, 0.2) is 42.5 Å². The topological polar surface area (TPSA) is 66.9 Å². The van der Waals surface area contributed by atoms with E-state index in [0.29, 0.717) is 43.2 Å². The predicted molar refractivity (Wildman–Crippen MR) is 106 cm³/mol. The molecule has 1 aliphatic rings. The number of carbonyl (C=O) groups is 1. The van der Waals surface area contributed by atoms with E-state index in [4.69, 9.17) is 4.74 Å². The molecule has 9 heteroatoms. The molecule has 1 fully saturated rings. The van der Waals surface area contributed by atoms with Crippen LogP contribution in [0.25, 0.3) is 0 Å². The fourth-order valence-electron chi connectivity index (χ4n) is 3.12. The highest BCUT2D eigenvalue weighted by Gasteiger charge is 2.22. The van der Waals surface area contributed by atoms with E-state index in [1.54, 1.807) is 29.2 Å². The van der Waals surface area contributed by atoms with E-state index in [1.807, 2.05) is 4.90 Å². The highest BCUT2D eigenvalue weighted by molar-refractivity contribution is 7.89. The molecule has 0 radical (unpaired) electrons. The minimum Gasteiger partial charge on any atom is -0.484 e. The van der Waals surface area contributed by atoms with Gasteiger partial charge in [0.05, 0.1) is 5.75 Å². The van der Waals surface area contributed by atoms with Crippen LogP contribution in [0, 0.1) is 11.6 Å². The van der Waals surface area contributed by atoms with Gasteiger partial charge in [0.25, 0.3) is 5.91 Å². The van der Waals surface area contributed by atoms with Gasteiger partial charge in [-0.1, -0.05) is 12.1 Å². The average molecular weight is 424 g/mol. The van der Waals surface area contributed by atoms with E-state index in [0.717, 1.165) is 12.1 Å². The van der Waals surface area contributed by atoms with Gasteiger partial charge in [-0.25, -0.2) is 17.2 Å². The van der Waals surface area contributed by atoms with Crippen LogP contribution >= 0.6 is 0 Å². The molecule has 0 aromatic heterocycles. The Morgan fingerprint density at radius 1 is 1.00 bits per heavy atom. The van der Waals surface area contributed by atoms with Crippen LogP contribution in [-0.2, 0) is 20.4 Å². The van der Waals surface area contributed by atoms with Crippen molar-refractivity contribution in [3.63, 3.8) is 0 Å². The van der Waals surface area contributed by atoms with Gasteiger partial charge >= 0.3 is 0 Å².